The van der Waals surface area contributed by atoms with Gasteiger partial charge in [0.1, 0.15) is 9.90 Å². The van der Waals surface area contributed by atoms with Crippen molar-refractivity contribution in [1.29, 1.82) is 0 Å². The van der Waals surface area contributed by atoms with Crippen molar-refractivity contribution < 1.29 is 18.0 Å². The molecule has 1 aliphatic heterocycles. The van der Waals surface area contributed by atoms with E-state index in [1.165, 1.54) is 29.5 Å². The average Bonchev–Trinajstić information content (AvgIpc) is 3.09. The van der Waals surface area contributed by atoms with E-state index in [9.17, 15) is 18.0 Å². The van der Waals surface area contributed by atoms with Crippen LogP contribution in [-0.4, -0.2) is 41.3 Å². The number of nitrogens with one attached hydrogen (secondary N) is 1. The molecule has 3 rings (SSSR count). The lowest BCUT2D eigenvalue weighted by Crippen LogP contribution is -2.29. The smallest absolute Gasteiger partial charge is 0.268 e. The van der Waals surface area contributed by atoms with Crippen LogP contribution in [0.1, 0.15) is 52.4 Å². The molecule has 10 heteroatoms. The Hall–Kier alpha value is -2.33. The molecule has 0 spiro atoms. The normalized spacial score (nSPS) is 15.5. The molecule has 1 aliphatic rings. The minimum absolute atomic E-state index is 0.0418. The van der Waals surface area contributed by atoms with Crippen LogP contribution in [0.5, 0.6) is 0 Å². The van der Waals surface area contributed by atoms with E-state index in [4.69, 9.17) is 0 Å². The Morgan fingerprint density at radius 2 is 2.04 bits per heavy atom. The predicted octanol–water partition coefficient (Wildman–Crippen LogP) is 2.08. The summed E-state index contributed by atoms with van der Waals surface area (Å²) >= 11 is 1.26. The van der Waals surface area contributed by atoms with E-state index in [1.807, 2.05) is 13.8 Å². The molecule has 8 nitrogen and oxygen atoms in total. The highest BCUT2D eigenvalue weighted by atomic mass is 32.2. The third kappa shape index (κ3) is 2.91. The van der Waals surface area contributed by atoms with Crippen LogP contribution in [-0.2, 0) is 10.0 Å². The van der Waals surface area contributed by atoms with E-state index in [-0.39, 0.29) is 28.5 Å². The number of hydrogen-bond donors (Lipinski definition) is 1. The number of rotatable bonds is 4. The minimum Gasteiger partial charge on any atom is -0.296 e. The Morgan fingerprint density at radius 1 is 1.32 bits per heavy atom. The summed E-state index contributed by atoms with van der Waals surface area (Å²) in [4.78, 5) is 24.3. The highest BCUT2D eigenvalue weighted by Gasteiger charge is 2.40. The van der Waals surface area contributed by atoms with Crippen LogP contribution >= 0.6 is 11.3 Å². The maximum Gasteiger partial charge on any atom is 0.268 e. The quantitative estimate of drug-likeness (QED) is 0.870. The standard InChI is InChI=1S/C15H16N4O4S2/c1-4-19-14(21)10-6-5-9(7-11(10)25(19,22)23)12(20)16-15-18-17-13(24-15)8(2)3/h5-8H,4H2,1-3H3,(H,16,18,20). The Labute approximate surface area is 148 Å². The van der Waals surface area contributed by atoms with Crippen molar-refractivity contribution in [3.63, 3.8) is 0 Å². The molecule has 1 N–H and O–H groups in total. The van der Waals surface area contributed by atoms with Gasteiger partial charge in [-0.2, -0.15) is 0 Å². The fraction of sp³-hybridized carbons (Fsp3) is 0.333. The molecular weight excluding hydrogens is 364 g/mol. The molecule has 1 aromatic carbocycles. The molecule has 1 aromatic heterocycles. The first-order chi connectivity index (χ1) is 11.8. The number of anilines is 1. The first-order valence-electron chi connectivity index (χ1n) is 7.61. The molecule has 2 amide bonds. The maximum atomic E-state index is 12.4. The van der Waals surface area contributed by atoms with Gasteiger partial charge in [0.15, 0.2) is 0 Å². The van der Waals surface area contributed by atoms with Gasteiger partial charge in [0.05, 0.1) is 5.56 Å². The maximum absolute atomic E-state index is 12.4. The Bertz CT molecular complexity index is 966. The van der Waals surface area contributed by atoms with Gasteiger partial charge < -0.3 is 0 Å². The van der Waals surface area contributed by atoms with Gasteiger partial charge in [0, 0.05) is 18.0 Å². The number of benzene rings is 1. The molecular formula is C15H16N4O4S2. The summed E-state index contributed by atoms with van der Waals surface area (Å²) in [5.41, 5.74) is 0.214. The van der Waals surface area contributed by atoms with Crippen molar-refractivity contribution in [2.45, 2.75) is 31.6 Å². The van der Waals surface area contributed by atoms with Gasteiger partial charge in [-0.15, -0.1) is 10.2 Å². The van der Waals surface area contributed by atoms with Crippen LogP contribution in [0.3, 0.4) is 0 Å². The van der Waals surface area contributed by atoms with E-state index in [2.05, 4.69) is 15.5 Å². The third-order valence-corrected chi connectivity index (χ3v) is 6.75. The largest absolute Gasteiger partial charge is 0.296 e. The van der Waals surface area contributed by atoms with E-state index < -0.39 is 21.8 Å². The number of aromatic nitrogens is 2. The first-order valence-corrected chi connectivity index (χ1v) is 9.87. The molecule has 0 aliphatic carbocycles. The third-order valence-electron chi connectivity index (χ3n) is 3.71. The topological polar surface area (TPSA) is 109 Å². The fourth-order valence-corrected chi connectivity index (χ4v) is 4.76. The highest BCUT2D eigenvalue weighted by Crippen LogP contribution is 2.31. The molecule has 0 atom stereocenters. The molecule has 0 bridgehead atoms. The number of carbonyl (C=O) groups excluding carboxylic acids is 2. The molecule has 0 saturated carbocycles. The van der Waals surface area contributed by atoms with Crippen molar-refractivity contribution >= 4 is 38.3 Å². The second-order valence-electron chi connectivity index (χ2n) is 5.74. The number of nitrogens with zero attached hydrogens (tertiary/aromatic N) is 3. The van der Waals surface area contributed by atoms with Crippen LogP contribution in [0.15, 0.2) is 23.1 Å². The van der Waals surface area contributed by atoms with Crippen molar-refractivity contribution in [3.05, 3.63) is 34.3 Å². The van der Waals surface area contributed by atoms with Gasteiger partial charge in [-0.25, -0.2) is 12.7 Å². The molecule has 0 unspecified atom stereocenters. The summed E-state index contributed by atoms with van der Waals surface area (Å²) in [6, 6.07) is 4.00. The number of fused-ring (bicyclic) bond motifs is 1. The summed E-state index contributed by atoms with van der Waals surface area (Å²) in [6.07, 6.45) is 0. The molecule has 2 aromatic rings. The average molecular weight is 380 g/mol. The Balaban J connectivity index is 1.90. The molecule has 2 heterocycles. The number of sulfonamides is 1. The Kier molecular flexibility index (Phi) is 4.33. The number of carbonyl (C=O) groups is 2. The zero-order valence-corrected chi connectivity index (χ0v) is 15.4. The van der Waals surface area contributed by atoms with Crippen LogP contribution in [0.4, 0.5) is 5.13 Å². The van der Waals surface area contributed by atoms with E-state index >= 15 is 0 Å². The lowest BCUT2D eigenvalue weighted by Gasteiger charge is -2.11. The highest BCUT2D eigenvalue weighted by molar-refractivity contribution is 7.90. The van der Waals surface area contributed by atoms with Crippen LogP contribution in [0.2, 0.25) is 0 Å². The van der Waals surface area contributed by atoms with Gasteiger partial charge in [-0.05, 0) is 25.1 Å². The molecule has 0 fully saturated rings. The summed E-state index contributed by atoms with van der Waals surface area (Å²) in [5, 5.41) is 11.6. The van der Waals surface area contributed by atoms with Crippen LogP contribution in [0, 0.1) is 0 Å². The van der Waals surface area contributed by atoms with Crippen molar-refractivity contribution in [1.82, 2.24) is 14.5 Å². The minimum atomic E-state index is -3.90. The SMILES string of the molecule is CCN1C(=O)c2ccc(C(=O)Nc3nnc(C(C)C)s3)cc2S1(=O)=O. The van der Waals surface area contributed by atoms with Gasteiger partial charge in [0.2, 0.25) is 5.13 Å². The second kappa shape index (κ2) is 6.19. The fourth-order valence-electron chi connectivity index (χ4n) is 2.42. The van der Waals surface area contributed by atoms with E-state index in [1.54, 1.807) is 6.92 Å². The lowest BCUT2D eigenvalue weighted by molar-refractivity contribution is 0.0875. The molecule has 0 saturated heterocycles. The first kappa shape index (κ1) is 17.5. The Morgan fingerprint density at radius 3 is 2.64 bits per heavy atom. The van der Waals surface area contributed by atoms with E-state index in [0.717, 1.165) is 9.31 Å². The van der Waals surface area contributed by atoms with Gasteiger partial charge in [-0.1, -0.05) is 25.2 Å². The molecule has 132 valence electrons. The predicted molar refractivity (Wildman–Crippen MR) is 92.3 cm³/mol. The summed E-state index contributed by atoms with van der Waals surface area (Å²) in [5.74, 6) is -0.888. The van der Waals surface area contributed by atoms with Crippen LogP contribution < -0.4 is 5.32 Å². The monoisotopic (exact) mass is 380 g/mol. The van der Waals surface area contributed by atoms with Crippen molar-refractivity contribution in [2.75, 3.05) is 11.9 Å². The molecule has 0 radical (unpaired) electrons. The summed E-state index contributed by atoms with van der Waals surface area (Å²) < 4.78 is 25.6. The summed E-state index contributed by atoms with van der Waals surface area (Å²) in [7, 11) is -3.90. The van der Waals surface area contributed by atoms with E-state index in [0.29, 0.717) is 5.13 Å². The summed E-state index contributed by atoms with van der Waals surface area (Å²) in [6.45, 7) is 5.55. The zero-order chi connectivity index (χ0) is 18.4. The van der Waals surface area contributed by atoms with Gasteiger partial charge in [-0.3, -0.25) is 14.9 Å². The van der Waals surface area contributed by atoms with Crippen molar-refractivity contribution in [3.8, 4) is 0 Å². The number of amides is 2. The molecule has 25 heavy (non-hydrogen) atoms. The second-order valence-corrected chi connectivity index (χ2v) is 8.58. The van der Waals surface area contributed by atoms with Crippen molar-refractivity contribution in [2.24, 2.45) is 0 Å². The van der Waals surface area contributed by atoms with Crippen LogP contribution in [0.25, 0.3) is 0 Å². The zero-order valence-electron chi connectivity index (χ0n) is 13.8. The lowest BCUT2D eigenvalue weighted by atomic mass is 10.1. The van der Waals surface area contributed by atoms with Gasteiger partial charge in [0.25, 0.3) is 21.8 Å². The van der Waals surface area contributed by atoms with Gasteiger partial charge >= 0.3 is 0 Å². The number of hydrogen-bond acceptors (Lipinski definition) is 7.